The number of thiophene rings is 1. The summed E-state index contributed by atoms with van der Waals surface area (Å²) >= 11 is 1.28. The zero-order valence-corrected chi connectivity index (χ0v) is 15.7. The average Bonchev–Trinajstić information content (AvgIpc) is 3.11. The van der Waals surface area contributed by atoms with Crippen molar-refractivity contribution in [1.29, 1.82) is 0 Å². The van der Waals surface area contributed by atoms with E-state index in [4.69, 9.17) is 4.74 Å². The fourth-order valence-corrected chi connectivity index (χ4v) is 4.35. The molecule has 27 heavy (non-hydrogen) atoms. The van der Waals surface area contributed by atoms with Crippen LogP contribution in [0.5, 0.6) is 5.75 Å². The average molecular weight is 379 g/mol. The summed E-state index contributed by atoms with van der Waals surface area (Å²) in [5.41, 5.74) is 1.59. The van der Waals surface area contributed by atoms with E-state index in [1.807, 2.05) is 36.4 Å². The van der Waals surface area contributed by atoms with E-state index in [-0.39, 0.29) is 11.5 Å². The predicted octanol–water partition coefficient (Wildman–Crippen LogP) is 3.09. The maximum atomic E-state index is 12.9. The number of methoxy groups -OCH3 is 1. The second kappa shape index (κ2) is 6.85. The van der Waals surface area contributed by atoms with Gasteiger partial charge in [0.05, 0.1) is 17.3 Å². The molecule has 0 atom stereocenters. The lowest BCUT2D eigenvalue weighted by Gasteiger charge is -2.07. The van der Waals surface area contributed by atoms with Crippen molar-refractivity contribution in [2.45, 2.75) is 6.54 Å². The molecule has 0 spiro atoms. The number of fused-ring (bicyclic) bond motifs is 3. The van der Waals surface area contributed by atoms with Crippen molar-refractivity contribution in [3.05, 3.63) is 69.6 Å². The number of benzene rings is 1. The molecule has 1 aromatic carbocycles. The molecular weight excluding hydrogens is 362 g/mol. The third-order valence-electron chi connectivity index (χ3n) is 4.51. The van der Waals surface area contributed by atoms with Crippen LogP contribution in [-0.4, -0.2) is 22.6 Å². The first kappa shape index (κ1) is 17.2. The van der Waals surface area contributed by atoms with Gasteiger partial charge in [0.25, 0.3) is 11.5 Å². The molecular formula is C20H17N3O3S. The molecule has 0 saturated heterocycles. The molecule has 3 aromatic heterocycles. The number of hydrogen-bond donors (Lipinski definition) is 1. The Morgan fingerprint density at radius 3 is 2.70 bits per heavy atom. The summed E-state index contributed by atoms with van der Waals surface area (Å²) in [7, 11) is 3.21. The SMILES string of the molecule is COc1c(C(=O)NCc2ccncc2)sc2c1c(=O)n(C)c1ccccc21. The van der Waals surface area contributed by atoms with Crippen LogP contribution in [0.25, 0.3) is 21.0 Å². The van der Waals surface area contributed by atoms with Gasteiger partial charge < -0.3 is 14.6 Å². The minimum atomic E-state index is -0.268. The standard InChI is InChI=1S/C20H17N3O3S/c1-23-14-6-4-3-5-13(14)17-15(20(23)25)16(26-2)18(27-17)19(24)22-11-12-7-9-21-10-8-12/h3-10H,11H2,1-2H3,(H,22,24). The van der Waals surface area contributed by atoms with Gasteiger partial charge in [0.1, 0.15) is 10.3 Å². The molecule has 0 fully saturated rings. The summed E-state index contributed by atoms with van der Waals surface area (Å²) in [5, 5.41) is 4.25. The number of aromatic nitrogens is 2. The smallest absolute Gasteiger partial charge is 0.265 e. The van der Waals surface area contributed by atoms with Crippen LogP contribution in [0.4, 0.5) is 0 Å². The van der Waals surface area contributed by atoms with Crippen molar-refractivity contribution in [2.75, 3.05) is 7.11 Å². The summed E-state index contributed by atoms with van der Waals surface area (Å²) in [6, 6.07) is 11.3. The number of para-hydroxylation sites is 1. The number of nitrogens with one attached hydrogen (secondary N) is 1. The van der Waals surface area contributed by atoms with E-state index in [9.17, 15) is 9.59 Å². The number of pyridine rings is 2. The molecule has 136 valence electrons. The maximum absolute atomic E-state index is 12.9. The normalized spacial score (nSPS) is 11.0. The van der Waals surface area contributed by atoms with E-state index < -0.39 is 0 Å². The van der Waals surface area contributed by atoms with Crippen molar-refractivity contribution < 1.29 is 9.53 Å². The Balaban J connectivity index is 1.84. The van der Waals surface area contributed by atoms with Crippen molar-refractivity contribution in [3.63, 3.8) is 0 Å². The van der Waals surface area contributed by atoms with Gasteiger partial charge in [0, 0.05) is 31.4 Å². The third-order valence-corrected chi connectivity index (χ3v) is 5.71. The maximum Gasteiger partial charge on any atom is 0.265 e. The molecule has 4 rings (SSSR count). The Morgan fingerprint density at radius 2 is 1.96 bits per heavy atom. The fraction of sp³-hybridized carbons (Fsp3) is 0.150. The first-order chi connectivity index (χ1) is 13.1. The van der Waals surface area contributed by atoms with Gasteiger partial charge in [-0.05, 0) is 23.8 Å². The van der Waals surface area contributed by atoms with Crippen molar-refractivity contribution in [1.82, 2.24) is 14.9 Å². The summed E-state index contributed by atoms with van der Waals surface area (Å²) in [5.74, 6) is 0.0598. The molecule has 1 N–H and O–H groups in total. The number of nitrogens with zero attached hydrogens (tertiary/aromatic N) is 2. The highest BCUT2D eigenvalue weighted by atomic mass is 32.1. The topological polar surface area (TPSA) is 73.2 Å². The van der Waals surface area contributed by atoms with Crippen molar-refractivity contribution in [3.8, 4) is 5.75 Å². The molecule has 0 unspecified atom stereocenters. The van der Waals surface area contributed by atoms with Crippen LogP contribution in [0.15, 0.2) is 53.6 Å². The van der Waals surface area contributed by atoms with E-state index in [0.29, 0.717) is 22.6 Å². The Kier molecular flexibility index (Phi) is 4.37. The number of carbonyl (C=O) groups is 1. The second-order valence-electron chi connectivity index (χ2n) is 6.09. The number of aryl methyl sites for hydroxylation is 1. The number of rotatable bonds is 4. The first-order valence-electron chi connectivity index (χ1n) is 8.37. The molecule has 0 radical (unpaired) electrons. The first-order valence-corrected chi connectivity index (χ1v) is 9.18. The van der Waals surface area contributed by atoms with E-state index >= 15 is 0 Å². The van der Waals surface area contributed by atoms with E-state index in [2.05, 4.69) is 10.3 Å². The zero-order valence-electron chi connectivity index (χ0n) is 14.9. The molecule has 3 heterocycles. The molecule has 4 aromatic rings. The van der Waals surface area contributed by atoms with Crippen LogP contribution in [-0.2, 0) is 13.6 Å². The molecule has 0 bridgehead atoms. The summed E-state index contributed by atoms with van der Waals surface area (Å²) in [6.07, 6.45) is 3.36. The van der Waals surface area contributed by atoms with Gasteiger partial charge in [-0.1, -0.05) is 18.2 Å². The van der Waals surface area contributed by atoms with Gasteiger partial charge in [-0.3, -0.25) is 14.6 Å². The fourth-order valence-electron chi connectivity index (χ4n) is 3.14. The second-order valence-corrected chi connectivity index (χ2v) is 7.11. The highest BCUT2D eigenvalue weighted by molar-refractivity contribution is 7.22. The molecule has 0 saturated carbocycles. The molecule has 7 heteroatoms. The minimum absolute atomic E-state index is 0.176. The third kappa shape index (κ3) is 2.86. The van der Waals surface area contributed by atoms with E-state index in [1.165, 1.54) is 18.4 Å². The van der Waals surface area contributed by atoms with Crippen LogP contribution in [0.1, 0.15) is 15.2 Å². The highest BCUT2D eigenvalue weighted by Crippen LogP contribution is 2.39. The van der Waals surface area contributed by atoms with Gasteiger partial charge in [0.15, 0.2) is 5.75 Å². The Bertz CT molecular complexity index is 1210. The monoisotopic (exact) mass is 379 g/mol. The van der Waals surface area contributed by atoms with Gasteiger partial charge >= 0.3 is 0 Å². The Labute approximate surface area is 159 Å². The van der Waals surface area contributed by atoms with Crippen LogP contribution < -0.4 is 15.6 Å². The summed E-state index contributed by atoms with van der Waals surface area (Å²) < 4.78 is 7.84. The molecule has 0 aliphatic rings. The zero-order chi connectivity index (χ0) is 19.0. The van der Waals surface area contributed by atoms with Crippen molar-refractivity contribution >= 4 is 38.2 Å². The molecule has 0 aliphatic carbocycles. The van der Waals surface area contributed by atoms with Gasteiger partial charge in [-0.15, -0.1) is 11.3 Å². The Morgan fingerprint density at radius 1 is 1.22 bits per heavy atom. The number of carbonyl (C=O) groups excluding carboxylic acids is 1. The summed E-state index contributed by atoms with van der Waals surface area (Å²) in [6.45, 7) is 0.373. The molecule has 6 nitrogen and oxygen atoms in total. The number of amides is 1. The molecule has 0 aliphatic heterocycles. The number of hydrogen-bond acceptors (Lipinski definition) is 5. The summed E-state index contributed by atoms with van der Waals surface area (Å²) in [4.78, 5) is 30.0. The quantitative estimate of drug-likeness (QED) is 0.591. The number of ether oxygens (including phenoxy) is 1. The lowest BCUT2D eigenvalue weighted by molar-refractivity contribution is 0.0952. The lowest BCUT2D eigenvalue weighted by Crippen LogP contribution is -2.22. The molecule has 1 amide bonds. The van der Waals surface area contributed by atoms with Crippen molar-refractivity contribution in [2.24, 2.45) is 7.05 Å². The van der Waals surface area contributed by atoms with Gasteiger partial charge in [0.2, 0.25) is 0 Å². The van der Waals surface area contributed by atoms with Gasteiger partial charge in [-0.25, -0.2) is 0 Å². The van der Waals surface area contributed by atoms with E-state index in [1.54, 1.807) is 24.0 Å². The van der Waals surface area contributed by atoms with E-state index in [0.717, 1.165) is 21.2 Å². The lowest BCUT2D eigenvalue weighted by atomic mass is 10.1. The highest BCUT2D eigenvalue weighted by Gasteiger charge is 2.24. The van der Waals surface area contributed by atoms with Crippen LogP contribution in [0.3, 0.4) is 0 Å². The van der Waals surface area contributed by atoms with Gasteiger partial charge in [-0.2, -0.15) is 0 Å². The van der Waals surface area contributed by atoms with Crippen LogP contribution in [0.2, 0.25) is 0 Å². The predicted molar refractivity (Wildman–Crippen MR) is 107 cm³/mol. The van der Waals surface area contributed by atoms with Crippen LogP contribution >= 0.6 is 11.3 Å². The van der Waals surface area contributed by atoms with Crippen LogP contribution in [0, 0.1) is 0 Å². The Hall–Kier alpha value is -3.19. The largest absolute Gasteiger partial charge is 0.494 e. The minimum Gasteiger partial charge on any atom is -0.494 e.